The van der Waals surface area contributed by atoms with Gasteiger partial charge in [0.1, 0.15) is 50.6 Å². The second kappa shape index (κ2) is 6.91. The summed E-state index contributed by atoms with van der Waals surface area (Å²) < 4.78 is 23.5. The van der Waals surface area contributed by atoms with Crippen LogP contribution in [0, 0.1) is 0 Å². The highest BCUT2D eigenvalue weighted by molar-refractivity contribution is 6.36. The van der Waals surface area contributed by atoms with Crippen LogP contribution in [0.2, 0.25) is 0 Å². The van der Waals surface area contributed by atoms with Gasteiger partial charge in [0.25, 0.3) is 23.6 Å². The third-order valence-electron chi connectivity index (χ3n) is 6.33. The van der Waals surface area contributed by atoms with Crippen molar-refractivity contribution >= 4 is 23.6 Å². The quantitative estimate of drug-likeness (QED) is 0.644. The van der Waals surface area contributed by atoms with Crippen molar-refractivity contribution < 1.29 is 18.9 Å². The minimum absolute atomic E-state index is 0.105. The van der Waals surface area contributed by atoms with Gasteiger partial charge in [0.2, 0.25) is 0 Å². The lowest BCUT2D eigenvalue weighted by Crippen LogP contribution is -2.14. The summed E-state index contributed by atoms with van der Waals surface area (Å²) in [6.07, 6.45) is 0. The molecule has 0 saturated heterocycles. The Hall–Kier alpha value is -3.68. The zero-order chi connectivity index (χ0) is 21.1. The van der Waals surface area contributed by atoms with E-state index in [1.165, 1.54) is 0 Å². The van der Waals surface area contributed by atoms with Crippen LogP contribution in [0.3, 0.4) is 0 Å². The Labute approximate surface area is 184 Å². The van der Waals surface area contributed by atoms with Crippen molar-refractivity contribution in [3.05, 3.63) is 70.8 Å². The molecule has 5 aliphatic heterocycles. The fourth-order valence-corrected chi connectivity index (χ4v) is 4.59. The van der Waals surface area contributed by atoms with Crippen molar-refractivity contribution in [2.24, 2.45) is 20.0 Å². The molecule has 0 aromatic heterocycles. The van der Waals surface area contributed by atoms with Crippen molar-refractivity contribution in [1.82, 2.24) is 0 Å². The SMILES string of the molecule is c1cc2cc(c1)C1COC(=N1)C1=NC(CO1)c1cccc(c1)C1COC(=N1)C1=NC2CO1. The molecule has 5 aliphatic rings. The van der Waals surface area contributed by atoms with Crippen molar-refractivity contribution in [3.8, 4) is 0 Å². The van der Waals surface area contributed by atoms with Crippen molar-refractivity contribution in [2.45, 2.75) is 24.2 Å². The molecule has 8 nitrogen and oxygen atoms in total. The van der Waals surface area contributed by atoms with E-state index in [1.807, 2.05) is 12.1 Å². The summed E-state index contributed by atoms with van der Waals surface area (Å²) in [4.78, 5) is 19.1. The molecule has 12 bridgehead atoms. The van der Waals surface area contributed by atoms with E-state index in [9.17, 15) is 0 Å². The van der Waals surface area contributed by atoms with Crippen LogP contribution in [0.25, 0.3) is 0 Å². The van der Waals surface area contributed by atoms with E-state index in [0.29, 0.717) is 50.0 Å². The van der Waals surface area contributed by atoms with Gasteiger partial charge in [-0.05, 0) is 22.3 Å². The lowest BCUT2D eigenvalue weighted by atomic mass is 10.0. The van der Waals surface area contributed by atoms with Gasteiger partial charge in [-0.1, -0.05) is 48.5 Å². The Bertz CT molecular complexity index is 1050. The van der Waals surface area contributed by atoms with E-state index in [-0.39, 0.29) is 24.2 Å². The molecule has 2 aromatic carbocycles. The summed E-state index contributed by atoms with van der Waals surface area (Å²) in [6, 6.07) is 16.1. The first kappa shape index (κ1) is 17.9. The Morgan fingerprint density at radius 1 is 0.469 bits per heavy atom. The van der Waals surface area contributed by atoms with E-state index in [1.54, 1.807) is 0 Å². The molecule has 2 aromatic rings. The lowest BCUT2D eigenvalue weighted by Gasteiger charge is -2.10. The molecule has 8 heteroatoms. The lowest BCUT2D eigenvalue weighted by molar-refractivity contribution is 0.293. The van der Waals surface area contributed by atoms with Gasteiger partial charge in [0.15, 0.2) is 0 Å². The average molecular weight is 428 g/mol. The first-order chi connectivity index (χ1) is 15.8. The number of benzene rings is 2. The van der Waals surface area contributed by atoms with Crippen LogP contribution in [0.5, 0.6) is 0 Å². The van der Waals surface area contributed by atoms with Gasteiger partial charge in [0, 0.05) is 0 Å². The molecule has 32 heavy (non-hydrogen) atoms. The van der Waals surface area contributed by atoms with E-state index in [0.717, 1.165) is 22.3 Å². The number of hydrogen-bond acceptors (Lipinski definition) is 8. The average Bonchev–Trinajstić information content (AvgIpc) is 3.63. The fraction of sp³-hybridized carbons (Fsp3) is 0.333. The summed E-state index contributed by atoms with van der Waals surface area (Å²) in [6.45, 7) is 1.85. The topological polar surface area (TPSA) is 86.4 Å². The molecule has 0 fully saturated rings. The molecule has 4 unspecified atom stereocenters. The monoisotopic (exact) mass is 428 g/mol. The van der Waals surface area contributed by atoms with E-state index >= 15 is 0 Å². The Morgan fingerprint density at radius 3 is 1.03 bits per heavy atom. The molecule has 4 atom stereocenters. The third-order valence-corrected chi connectivity index (χ3v) is 6.33. The number of aliphatic imine (C=N–C) groups is 4. The van der Waals surface area contributed by atoms with Crippen LogP contribution >= 0.6 is 0 Å². The predicted molar refractivity (Wildman–Crippen MR) is 117 cm³/mol. The molecule has 5 heterocycles. The van der Waals surface area contributed by atoms with Gasteiger partial charge in [-0.25, -0.2) is 20.0 Å². The number of ether oxygens (including phenoxy) is 4. The third kappa shape index (κ3) is 2.90. The number of hydrogen-bond donors (Lipinski definition) is 0. The first-order valence-electron chi connectivity index (χ1n) is 10.8. The summed E-state index contributed by atoms with van der Waals surface area (Å²) >= 11 is 0. The van der Waals surface area contributed by atoms with Crippen molar-refractivity contribution in [2.75, 3.05) is 26.4 Å². The van der Waals surface area contributed by atoms with Gasteiger partial charge >= 0.3 is 0 Å². The molecule has 7 rings (SSSR count). The highest BCUT2D eigenvalue weighted by atomic mass is 16.6. The number of fused-ring (bicyclic) bond motifs is 14. The van der Waals surface area contributed by atoms with E-state index in [2.05, 4.69) is 36.4 Å². The zero-order valence-corrected chi connectivity index (χ0v) is 17.2. The molecule has 0 saturated carbocycles. The van der Waals surface area contributed by atoms with E-state index in [4.69, 9.17) is 38.9 Å². The molecule has 0 amide bonds. The minimum atomic E-state index is -0.105. The highest BCUT2D eigenvalue weighted by Crippen LogP contribution is 2.33. The fourth-order valence-electron chi connectivity index (χ4n) is 4.59. The maximum atomic E-state index is 5.87. The highest BCUT2D eigenvalue weighted by Gasteiger charge is 2.34. The van der Waals surface area contributed by atoms with Crippen LogP contribution in [-0.4, -0.2) is 50.0 Å². The summed E-state index contributed by atoms with van der Waals surface area (Å²) in [5.41, 5.74) is 4.28. The Kier molecular flexibility index (Phi) is 3.88. The minimum Gasteiger partial charge on any atom is -0.471 e. The Balaban J connectivity index is 1.34. The van der Waals surface area contributed by atoms with Gasteiger partial charge < -0.3 is 18.9 Å². The van der Waals surface area contributed by atoms with Crippen LogP contribution in [0.1, 0.15) is 46.4 Å². The van der Waals surface area contributed by atoms with Crippen LogP contribution in [-0.2, 0) is 18.9 Å². The maximum absolute atomic E-state index is 5.87. The largest absolute Gasteiger partial charge is 0.471 e. The molecular formula is C24H20N4O4. The Morgan fingerprint density at radius 2 is 0.750 bits per heavy atom. The standard InChI is InChI=1S/C24H20N4O4/c1-3-13-7-14(4-1)18-10-30-22(26-18)24-28-20(12-32-24)16-6-2-5-15(8-16)19-11-31-23(27-19)21-25-17(13)9-29-21/h1-8,17-20H,9-12H2. The molecular weight excluding hydrogens is 408 g/mol. The normalized spacial score (nSPS) is 29.2. The molecule has 0 aliphatic carbocycles. The zero-order valence-electron chi connectivity index (χ0n) is 17.2. The summed E-state index contributed by atoms with van der Waals surface area (Å²) in [5, 5.41) is 0. The first-order valence-corrected chi connectivity index (χ1v) is 10.8. The van der Waals surface area contributed by atoms with Crippen molar-refractivity contribution in [1.29, 1.82) is 0 Å². The summed E-state index contributed by atoms with van der Waals surface area (Å²) in [5.74, 6) is 1.90. The van der Waals surface area contributed by atoms with Crippen LogP contribution < -0.4 is 0 Å². The van der Waals surface area contributed by atoms with Crippen molar-refractivity contribution in [3.63, 3.8) is 0 Å². The summed E-state index contributed by atoms with van der Waals surface area (Å²) in [7, 11) is 0. The number of rotatable bonds is 0. The molecule has 0 N–H and O–H groups in total. The second-order valence-electron chi connectivity index (χ2n) is 8.38. The maximum Gasteiger partial charge on any atom is 0.273 e. The van der Waals surface area contributed by atoms with E-state index < -0.39 is 0 Å². The van der Waals surface area contributed by atoms with Gasteiger partial charge in [0.05, 0.1) is 0 Å². The molecule has 0 spiro atoms. The van der Waals surface area contributed by atoms with Crippen LogP contribution in [0.4, 0.5) is 0 Å². The number of nitrogens with zero attached hydrogens (tertiary/aromatic N) is 4. The second-order valence-corrected chi connectivity index (χ2v) is 8.38. The smallest absolute Gasteiger partial charge is 0.273 e. The van der Waals surface area contributed by atoms with Crippen LogP contribution in [0.15, 0.2) is 68.5 Å². The van der Waals surface area contributed by atoms with Gasteiger partial charge in [-0.15, -0.1) is 0 Å². The van der Waals surface area contributed by atoms with Gasteiger partial charge in [-0.3, -0.25) is 0 Å². The van der Waals surface area contributed by atoms with Gasteiger partial charge in [-0.2, -0.15) is 0 Å². The molecule has 0 radical (unpaired) electrons. The predicted octanol–water partition coefficient (Wildman–Crippen LogP) is 3.28. The molecule has 160 valence electrons.